The fourth-order valence-corrected chi connectivity index (χ4v) is 4.19. The Morgan fingerprint density at radius 3 is 2.67 bits per heavy atom. The number of rotatable bonds is 3. The number of aryl methyl sites for hydroxylation is 1. The third kappa shape index (κ3) is 3.75. The van der Waals surface area contributed by atoms with Crippen LogP contribution in [0, 0.1) is 12.8 Å². The molecule has 1 N–H and O–H groups in total. The Kier molecular flexibility index (Phi) is 5.19. The highest BCUT2D eigenvalue weighted by atomic mass is 19.4. The zero-order chi connectivity index (χ0) is 21.6. The van der Waals surface area contributed by atoms with Crippen molar-refractivity contribution in [3.05, 3.63) is 35.5 Å². The minimum Gasteiger partial charge on any atom is -0.367 e. The van der Waals surface area contributed by atoms with Gasteiger partial charge in [0.1, 0.15) is 11.5 Å². The van der Waals surface area contributed by atoms with Gasteiger partial charge in [-0.2, -0.15) is 18.3 Å². The quantitative estimate of drug-likeness (QED) is 0.812. The molecule has 2 aromatic rings. The van der Waals surface area contributed by atoms with Crippen molar-refractivity contribution in [3.8, 4) is 0 Å². The predicted molar refractivity (Wildman–Crippen MR) is 104 cm³/mol. The number of aromatic nitrogens is 4. The fraction of sp³-hybridized carbons (Fsp3) is 0.600. The molecule has 2 aliphatic heterocycles. The summed E-state index contributed by atoms with van der Waals surface area (Å²) >= 11 is 0. The lowest BCUT2D eigenvalue weighted by Gasteiger charge is -2.35. The summed E-state index contributed by atoms with van der Waals surface area (Å²) in [6.45, 7) is 6.09. The zero-order valence-electron chi connectivity index (χ0n) is 17.1. The van der Waals surface area contributed by atoms with Gasteiger partial charge in [-0.3, -0.25) is 9.78 Å². The number of nitrogens with one attached hydrogen (secondary N) is 1. The van der Waals surface area contributed by atoms with E-state index in [-0.39, 0.29) is 36.0 Å². The maximum Gasteiger partial charge on any atom is 0.410 e. The molecule has 0 spiro atoms. The van der Waals surface area contributed by atoms with E-state index in [1.807, 2.05) is 13.8 Å². The average Bonchev–Trinajstić information content (AvgIpc) is 3.32. The number of nitrogens with zero attached hydrogens (tertiary/aromatic N) is 5. The van der Waals surface area contributed by atoms with E-state index in [1.54, 1.807) is 17.9 Å². The maximum absolute atomic E-state index is 13.7. The van der Waals surface area contributed by atoms with Crippen molar-refractivity contribution in [2.75, 3.05) is 11.9 Å². The lowest BCUT2D eigenvalue weighted by molar-refractivity contribution is -0.174. The van der Waals surface area contributed by atoms with Gasteiger partial charge >= 0.3 is 6.18 Å². The van der Waals surface area contributed by atoms with Gasteiger partial charge in [-0.25, -0.2) is 9.67 Å². The first kappa shape index (κ1) is 20.6. The number of halogens is 3. The molecule has 0 saturated carbocycles. The van der Waals surface area contributed by atoms with Crippen LogP contribution in [0.1, 0.15) is 67.1 Å². The number of hydrogen-bond donors (Lipinski definition) is 1. The molecule has 0 unspecified atom stereocenters. The van der Waals surface area contributed by atoms with Crippen LogP contribution in [0.5, 0.6) is 0 Å². The number of fused-ring (bicyclic) bond motifs is 1. The van der Waals surface area contributed by atoms with Crippen molar-refractivity contribution in [2.24, 2.45) is 5.92 Å². The fourth-order valence-electron chi connectivity index (χ4n) is 4.19. The van der Waals surface area contributed by atoms with Crippen LogP contribution in [0.25, 0.3) is 0 Å². The highest BCUT2D eigenvalue weighted by Crippen LogP contribution is 2.42. The van der Waals surface area contributed by atoms with E-state index in [4.69, 9.17) is 0 Å². The standard InChI is InChI=1S/C20H25F3N6O/c1-11(2)13-7-17(20(21,22)23)29-18(26-13)8-14(27-29)16-5-4-6-28(16)19(30)15-10-24-12(3)9-25-15/h8-11,13,16-17,26H,4-7H2,1-3H3/t13-,16-,17+/m0/s1. The molecule has 2 aromatic heterocycles. The summed E-state index contributed by atoms with van der Waals surface area (Å²) < 4.78 is 42.2. The lowest BCUT2D eigenvalue weighted by atomic mass is 9.94. The van der Waals surface area contributed by atoms with Crippen LogP contribution in [0.15, 0.2) is 18.5 Å². The van der Waals surface area contributed by atoms with Crippen molar-refractivity contribution in [2.45, 2.75) is 64.3 Å². The number of carbonyl (C=O) groups is 1. The van der Waals surface area contributed by atoms with Gasteiger partial charge in [0.05, 0.1) is 23.6 Å². The molecule has 3 atom stereocenters. The molecule has 162 valence electrons. The van der Waals surface area contributed by atoms with Gasteiger partial charge in [-0.15, -0.1) is 0 Å². The van der Waals surface area contributed by atoms with Crippen molar-refractivity contribution >= 4 is 11.7 Å². The molecule has 10 heteroatoms. The van der Waals surface area contributed by atoms with E-state index in [0.717, 1.165) is 11.1 Å². The summed E-state index contributed by atoms with van der Waals surface area (Å²) in [5.74, 6) is 0.120. The molecule has 1 amide bonds. The second kappa shape index (κ2) is 7.55. The molecule has 0 aliphatic carbocycles. The lowest BCUT2D eigenvalue weighted by Crippen LogP contribution is -2.41. The molecular formula is C20H25F3N6O. The molecule has 0 aromatic carbocycles. The van der Waals surface area contributed by atoms with Gasteiger partial charge in [0.2, 0.25) is 0 Å². The Hall–Kier alpha value is -2.65. The Bertz CT molecular complexity index is 924. The van der Waals surface area contributed by atoms with Crippen LogP contribution in [0.4, 0.5) is 19.0 Å². The van der Waals surface area contributed by atoms with Crippen LogP contribution >= 0.6 is 0 Å². The minimum absolute atomic E-state index is 0.0478. The Balaban J connectivity index is 1.64. The van der Waals surface area contributed by atoms with Crippen LogP contribution < -0.4 is 5.32 Å². The smallest absolute Gasteiger partial charge is 0.367 e. The van der Waals surface area contributed by atoms with Gasteiger partial charge in [-0.1, -0.05) is 13.8 Å². The summed E-state index contributed by atoms with van der Waals surface area (Å²) in [7, 11) is 0. The average molecular weight is 422 g/mol. The summed E-state index contributed by atoms with van der Waals surface area (Å²) in [5.41, 5.74) is 1.40. The first-order valence-electron chi connectivity index (χ1n) is 10.2. The second-order valence-electron chi connectivity index (χ2n) is 8.39. The van der Waals surface area contributed by atoms with E-state index in [2.05, 4.69) is 20.4 Å². The van der Waals surface area contributed by atoms with Gasteiger partial charge in [0.25, 0.3) is 5.91 Å². The highest BCUT2D eigenvalue weighted by molar-refractivity contribution is 5.92. The van der Waals surface area contributed by atoms with Crippen molar-refractivity contribution in [3.63, 3.8) is 0 Å². The Labute approximate surface area is 172 Å². The third-order valence-electron chi connectivity index (χ3n) is 5.90. The molecule has 4 rings (SSSR count). The molecule has 1 fully saturated rings. The topological polar surface area (TPSA) is 75.9 Å². The molecule has 2 aliphatic rings. The number of carbonyl (C=O) groups excluding carboxylic acids is 1. The number of alkyl halides is 3. The SMILES string of the molecule is Cc1cnc(C(=O)N2CCC[C@H]2c2cc3n(n2)[C@@H](C(F)(F)F)C[C@@H](C(C)C)N3)cn1. The highest BCUT2D eigenvalue weighted by Gasteiger charge is 2.47. The molecule has 4 heterocycles. The van der Waals surface area contributed by atoms with Crippen molar-refractivity contribution in [1.29, 1.82) is 0 Å². The third-order valence-corrected chi connectivity index (χ3v) is 5.90. The monoisotopic (exact) mass is 422 g/mol. The van der Waals surface area contributed by atoms with Gasteiger partial charge < -0.3 is 10.2 Å². The number of anilines is 1. The van der Waals surface area contributed by atoms with E-state index in [9.17, 15) is 18.0 Å². The maximum atomic E-state index is 13.7. The van der Waals surface area contributed by atoms with E-state index in [1.165, 1.54) is 12.4 Å². The minimum atomic E-state index is -4.39. The van der Waals surface area contributed by atoms with Crippen LogP contribution in [-0.2, 0) is 0 Å². The molecule has 0 radical (unpaired) electrons. The number of amides is 1. The molecule has 30 heavy (non-hydrogen) atoms. The van der Waals surface area contributed by atoms with Crippen molar-refractivity contribution in [1.82, 2.24) is 24.6 Å². The molecule has 0 bridgehead atoms. The first-order chi connectivity index (χ1) is 14.1. The van der Waals surface area contributed by atoms with Gasteiger partial charge in [0, 0.05) is 24.8 Å². The Morgan fingerprint density at radius 2 is 2.03 bits per heavy atom. The van der Waals surface area contributed by atoms with Crippen LogP contribution in [-0.4, -0.2) is 49.3 Å². The van der Waals surface area contributed by atoms with Gasteiger partial charge in [-0.05, 0) is 32.1 Å². The summed E-state index contributed by atoms with van der Waals surface area (Å²) in [6, 6.07) is -0.696. The van der Waals surface area contributed by atoms with Crippen LogP contribution in [0.3, 0.4) is 0 Å². The molecular weight excluding hydrogens is 397 g/mol. The number of likely N-dealkylation sites (tertiary alicyclic amines) is 1. The van der Waals surface area contributed by atoms with Crippen LogP contribution in [0.2, 0.25) is 0 Å². The Morgan fingerprint density at radius 1 is 1.27 bits per heavy atom. The summed E-state index contributed by atoms with van der Waals surface area (Å²) in [6.07, 6.45) is -0.108. The summed E-state index contributed by atoms with van der Waals surface area (Å²) in [5, 5.41) is 7.52. The molecule has 7 nitrogen and oxygen atoms in total. The molecule has 1 saturated heterocycles. The van der Waals surface area contributed by atoms with Gasteiger partial charge in [0.15, 0.2) is 6.04 Å². The normalized spacial score (nSPS) is 24.1. The zero-order valence-corrected chi connectivity index (χ0v) is 17.1. The van der Waals surface area contributed by atoms with Crippen molar-refractivity contribution < 1.29 is 18.0 Å². The largest absolute Gasteiger partial charge is 0.410 e. The predicted octanol–water partition coefficient (Wildman–Crippen LogP) is 3.90. The van der Waals surface area contributed by atoms with E-state index < -0.39 is 12.2 Å². The van der Waals surface area contributed by atoms with E-state index >= 15 is 0 Å². The first-order valence-corrected chi connectivity index (χ1v) is 10.2. The van der Waals surface area contributed by atoms with E-state index in [0.29, 0.717) is 30.2 Å². The number of hydrogen-bond acceptors (Lipinski definition) is 5. The summed E-state index contributed by atoms with van der Waals surface area (Å²) in [4.78, 5) is 22.8. The second-order valence-corrected chi connectivity index (χ2v) is 8.39.